The normalized spacial score (nSPS) is 11.2. The van der Waals surface area contributed by atoms with E-state index in [1.54, 1.807) is 18.3 Å². The fourth-order valence-corrected chi connectivity index (χ4v) is 3.74. The van der Waals surface area contributed by atoms with Crippen LogP contribution in [0.15, 0.2) is 84.1 Å². The summed E-state index contributed by atoms with van der Waals surface area (Å²) in [7, 11) is 0. The van der Waals surface area contributed by atoms with Crippen LogP contribution < -0.4 is 10.7 Å². The fraction of sp³-hybridized carbons (Fsp3) is 0.0833. The predicted molar refractivity (Wildman–Crippen MR) is 136 cm³/mol. The van der Waals surface area contributed by atoms with Crippen molar-refractivity contribution in [3.63, 3.8) is 0 Å². The van der Waals surface area contributed by atoms with Gasteiger partial charge in [-0.3, -0.25) is 4.79 Å². The van der Waals surface area contributed by atoms with Crippen molar-refractivity contribution in [1.82, 2.24) is 9.99 Å². The van der Waals surface area contributed by atoms with Gasteiger partial charge in [0, 0.05) is 43.5 Å². The number of amides is 1. The zero-order valence-corrected chi connectivity index (χ0v) is 19.5. The summed E-state index contributed by atoms with van der Waals surface area (Å²) in [5, 5.41) is 8.93. The Bertz CT molecular complexity index is 1220. The van der Waals surface area contributed by atoms with Gasteiger partial charge >= 0.3 is 0 Å². The number of fused-ring (bicyclic) bond motifs is 1. The summed E-state index contributed by atoms with van der Waals surface area (Å²) in [6, 6.07) is 23.9. The van der Waals surface area contributed by atoms with Gasteiger partial charge in [-0.15, -0.1) is 0 Å². The van der Waals surface area contributed by atoms with E-state index in [-0.39, 0.29) is 12.5 Å². The molecule has 5 nitrogen and oxygen atoms in total. The van der Waals surface area contributed by atoms with Crippen LogP contribution in [0, 0.1) is 3.57 Å². The van der Waals surface area contributed by atoms with Gasteiger partial charge in [-0.05, 0) is 70.6 Å². The van der Waals surface area contributed by atoms with Crippen LogP contribution in [0.25, 0.3) is 10.9 Å². The van der Waals surface area contributed by atoms with Crippen LogP contribution in [-0.4, -0.2) is 23.2 Å². The van der Waals surface area contributed by atoms with Crippen molar-refractivity contribution in [2.24, 2.45) is 5.10 Å². The summed E-state index contributed by atoms with van der Waals surface area (Å²) >= 11 is 8.18. The number of carbonyl (C=O) groups is 1. The minimum absolute atomic E-state index is 0.119. The molecule has 0 aliphatic carbocycles. The second-order valence-corrected chi connectivity index (χ2v) is 8.69. The van der Waals surface area contributed by atoms with E-state index in [0.29, 0.717) is 5.02 Å². The highest BCUT2D eigenvalue weighted by Crippen LogP contribution is 2.21. The Morgan fingerprint density at radius 1 is 1.03 bits per heavy atom. The number of hydrazone groups is 1. The standard InChI is InChI=1S/C24H20ClIN4O/c25-19-7-11-21(12-8-19)27-14-24(31)29-28-13-18-16-30(23-4-2-1-3-22(18)23)15-17-5-9-20(26)10-6-17/h1-13,16,27H,14-15H2,(H,29,31)/b28-13-. The van der Waals surface area contributed by atoms with E-state index in [2.05, 4.69) is 85.6 Å². The zero-order chi connectivity index (χ0) is 21.6. The molecule has 2 N–H and O–H groups in total. The van der Waals surface area contributed by atoms with E-state index in [4.69, 9.17) is 11.6 Å². The molecule has 4 rings (SSSR count). The monoisotopic (exact) mass is 542 g/mol. The van der Waals surface area contributed by atoms with Crippen molar-refractivity contribution in [2.75, 3.05) is 11.9 Å². The minimum Gasteiger partial charge on any atom is -0.376 e. The lowest BCUT2D eigenvalue weighted by Gasteiger charge is -2.05. The summed E-state index contributed by atoms with van der Waals surface area (Å²) < 4.78 is 3.41. The minimum atomic E-state index is -0.228. The number of rotatable bonds is 7. The highest BCUT2D eigenvalue weighted by Gasteiger charge is 2.07. The first-order valence-electron chi connectivity index (χ1n) is 9.72. The number of benzene rings is 3. The van der Waals surface area contributed by atoms with E-state index < -0.39 is 0 Å². The Balaban J connectivity index is 1.42. The predicted octanol–water partition coefficient (Wildman–Crippen LogP) is 5.51. The molecule has 0 fully saturated rings. The summed E-state index contributed by atoms with van der Waals surface area (Å²) in [4.78, 5) is 12.1. The van der Waals surface area contributed by atoms with Gasteiger partial charge in [0.1, 0.15) is 0 Å². The van der Waals surface area contributed by atoms with Crippen molar-refractivity contribution in [1.29, 1.82) is 0 Å². The van der Waals surface area contributed by atoms with Gasteiger partial charge in [-0.25, -0.2) is 5.43 Å². The Morgan fingerprint density at radius 3 is 2.55 bits per heavy atom. The van der Waals surface area contributed by atoms with Crippen LogP contribution in [-0.2, 0) is 11.3 Å². The van der Waals surface area contributed by atoms with Crippen LogP contribution in [0.4, 0.5) is 5.69 Å². The molecule has 7 heteroatoms. The third-order valence-electron chi connectivity index (χ3n) is 4.78. The number of hydrogen-bond donors (Lipinski definition) is 2. The fourth-order valence-electron chi connectivity index (χ4n) is 3.26. The molecule has 0 atom stereocenters. The van der Waals surface area contributed by atoms with Gasteiger partial charge < -0.3 is 9.88 Å². The van der Waals surface area contributed by atoms with Crippen molar-refractivity contribution in [3.8, 4) is 0 Å². The van der Waals surface area contributed by atoms with Crippen LogP contribution in [0.3, 0.4) is 0 Å². The summed E-state index contributed by atoms with van der Waals surface area (Å²) in [6.07, 6.45) is 3.75. The van der Waals surface area contributed by atoms with Gasteiger partial charge in [-0.2, -0.15) is 5.10 Å². The molecule has 0 spiro atoms. The number of carbonyl (C=O) groups excluding carboxylic acids is 1. The molecule has 0 unspecified atom stereocenters. The lowest BCUT2D eigenvalue weighted by molar-refractivity contribution is -0.119. The molecule has 0 bridgehead atoms. The largest absolute Gasteiger partial charge is 0.376 e. The molecule has 0 saturated carbocycles. The highest BCUT2D eigenvalue weighted by atomic mass is 127. The molecular formula is C24H20ClIN4O. The molecule has 4 aromatic rings. The number of hydrogen-bond acceptors (Lipinski definition) is 3. The summed E-state index contributed by atoms with van der Waals surface area (Å²) in [5.41, 5.74) is 6.70. The maximum Gasteiger partial charge on any atom is 0.259 e. The Hall–Kier alpha value is -2.84. The van der Waals surface area contributed by atoms with Gasteiger partial charge in [0.2, 0.25) is 0 Å². The molecule has 0 radical (unpaired) electrons. The summed E-state index contributed by atoms with van der Waals surface area (Å²) in [6.45, 7) is 0.885. The van der Waals surface area contributed by atoms with E-state index in [1.807, 2.05) is 24.3 Å². The van der Waals surface area contributed by atoms with Gasteiger partial charge in [0.25, 0.3) is 5.91 Å². The number of para-hydroxylation sites is 1. The Kier molecular flexibility index (Phi) is 6.89. The summed E-state index contributed by atoms with van der Waals surface area (Å²) in [5.74, 6) is -0.228. The molecule has 1 amide bonds. The van der Waals surface area contributed by atoms with Crippen molar-refractivity contribution < 1.29 is 4.79 Å². The number of nitrogens with one attached hydrogen (secondary N) is 2. The smallest absolute Gasteiger partial charge is 0.259 e. The third kappa shape index (κ3) is 5.65. The number of anilines is 1. The molecule has 0 aliphatic heterocycles. The van der Waals surface area contributed by atoms with Crippen molar-refractivity contribution >= 4 is 62.9 Å². The van der Waals surface area contributed by atoms with E-state index in [0.717, 1.165) is 28.7 Å². The van der Waals surface area contributed by atoms with Gasteiger partial charge in [0.15, 0.2) is 0 Å². The molecule has 1 heterocycles. The van der Waals surface area contributed by atoms with Crippen LogP contribution in [0.1, 0.15) is 11.1 Å². The molecule has 3 aromatic carbocycles. The van der Waals surface area contributed by atoms with Gasteiger partial charge in [0.05, 0.1) is 12.8 Å². The Labute approximate surface area is 199 Å². The first kappa shape index (κ1) is 21.4. The van der Waals surface area contributed by atoms with Crippen molar-refractivity contribution in [3.05, 3.63) is 98.7 Å². The zero-order valence-electron chi connectivity index (χ0n) is 16.6. The number of halogens is 2. The first-order valence-corrected chi connectivity index (χ1v) is 11.2. The lowest BCUT2D eigenvalue weighted by atomic mass is 10.2. The highest BCUT2D eigenvalue weighted by molar-refractivity contribution is 14.1. The average Bonchev–Trinajstić information content (AvgIpc) is 3.12. The number of aromatic nitrogens is 1. The van der Waals surface area contributed by atoms with E-state index in [9.17, 15) is 4.79 Å². The van der Waals surface area contributed by atoms with Crippen LogP contribution in [0.5, 0.6) is 0 Å². The topological polar surface area (TPSA) is 58.4 Å². The molecule has 156 valence electrons. The maximum absolute atomic E-state index is 12.1. The van der Waals surface area contributed by atoms with Gasteiger partial charge in [-0.1, -0.05) is 41.9 Å². The number of nitrogens with zero attached hydrogens (tertiary/aromatic N) is 2. The maximum atomic E-state index is 12.1. The lowest BCUT2D eigenvalue weighted by Crippen LogP contribution is -2.25. The second kappa shape index (κ2) is 9.98. The van der Waals surface area contributed by atoms with Crippen LogP contribution in [0.2, 0.25) is 5.02 Å². The third-order valence-corrected chi connectivity index (χ3v) is 5.75. The second-order valence-electron chi connectivity index (χ2n) is 7.01. The molecule has 31 heavy (non-hydrogen) atoms. The average molecular weight is 543 g/mol. The first-order chi connectivity index (χ1) is 15.1. The molecular weight excluding hydrogens is 523 g/mol. The molecule has 0 saturated heterocycles. The van der Waals surface area contributed by atoms with E-state index in [1.165, 1.54) is 9.13 Å². The molecule has 1 aromatic heterocycles. The quantitative estimate of drug-likeness (QED) is 0.184. The van der Waals surface area contributed by atoms with E-state index >= 15 is 0 Å². The Morgan fingerprint density at radius 2 is 1.77 bits per heavy atom. The van der Waals surface area contributed by atoms with Crippen molar-refractivity contribution in [2.45, 2.75) is 6.54 Å². The molecule has 0 aliphatic rings. The SMILES string of the molecule is O=C(CNc1ccc(Cl)cc1)N/N=C\c1cn(Cc2ccc(I)cc2)c2ccccc12. The van der Waals surface area contributed by atoms with Crippen LogP contribution >= 0.6 is 34.2 Å².